The zero-order chi connectivity index (χ0) is 13.3. The predicted octanol–water partition coefficient (Wildman–Crippen LogP) is 3.27. The summed E-state index contributed by atoms with van der Waals surface area (Å²) < 4.78 is 0. The Morgan fingerprint density at radius 3 is 2.72 bits per heavy atom. The average molecular weight is 246 g/mol. The van der Waals surface area contributed by atoms with Crippen LogP contribution >= 0.6 is 0 Å². The smallest absolute Gasteiger partial charge is 0.0473 e. The fraction of sp³-hybridized carbons (Fsp3) is 0.625. The number of nitrogens with one attached hydrogen (secondary N) is 1. The molecule has 0 bridgehead atoms. The highest BCUT2D eigenvalue weighted by molar-refractivity contribution is 5.57. The highest BCUT2D eigenvalue weighted by atomic mass is 15.3. The average Bonchev–Trinajstić information content (AvgIpc) is 2.41. The summed E-state index contributed by atoms with van der Waals surface area (Å²) in [5.74, 6) is 0. The van der Waals surface area contributed by atoms with Gasteiger partial charge in [-0.1, -0.05) is 12.1 Å². The van der Waals surface area contributed by atoms with Crippen molar-refractivity contribution in [1.29, 1.82) is 0 Å². The van der Waals surface area contributed by atoms with E-state index in [4.69, 9.17) is 0 Å². The molecule has 1 N–H and O–H groups in total. The SMILES string of the molecule is Cc1ccc(C)c(N2C(C)CCNCC2(C)C)c1. The zero-order valence-corrected chi connectivity index (χ0v) is 12.4. The first kappa shape index (κ1) is 13.4. The van der Waals surface area contributed by atoms with Crippen molar-refractivity contribution in [2.45, 2.75) is 52.6 Å². The fourth-order valence-electron chi connectivity index (χ4n) is 3.06. The molecular formula is C16H26N2. The summed E-state index contributed by atoms with van der Waals surface area (Å²) in [5, 5.41) is 3.56. The molecule has 1 heterocycles. The van der Waals surface area contributed by atoms with E-state index in [0.717, 1.165) is 13.1 Å². The lowest BCUT2D eigenvalue weighted by molar-refractivity contribution is 0.432. The number of hydrogen-bond donors (Lipinski definition) is 1. The van der Waals surface area contributed by atoms with Crippen LogP contribution in [0.4, 0.5) is 5.69 Å². The fourth-order valence-corrected chi connectivity index (χ4v) is 3.06. The predicted molar refractivity (Wildman–Crippen MR) is 79.4 cm³/mol. The summed E-state index contributed by atoms with van der Waals surface area (Å²) in [7, 11) is 0. The van der Waals surface area contributed by atoms with Gasteiger partial charge in [-0.2, -0.15) is 0 Å². The molecule has 1 aliphatic rings. The van der Waals surface area contributed by atoms with Crippen LogP contribution in [0.2, 0.25) is 0 Å². The molecule has 2 heteroatoms. The first-order chi connectivity index (χ1) is 8.42. The van der Waals surface area contributed by atoms with Crippen molar-refractivity contribution in [3.8, 4) is 0 Å². The Labute approximate surface area is 111 Å². The van der Waals surface area contributed by atoms with Crippen LogP contribution in [0, 0.1) is 13.8 Å². The normalized spacial score (nSPS) is 23.8. The quantitative estimate of drug-likeness (QED) is 0.818. The molecule has 1 saturated heterocycles. The van der Waals surface area contributed by atoms with Crippen LogP contribution in [0.3, 0.4) is 0 Å². The van der Waals surface area contributed by atoms with Crippen LogP contribution in [0.1, 0.15) is 38.3 Å². The number of benzene rings is 1. The molecule has 1 aliphatic heterocycles. The summed E-state index contributed by atoms with van der Waals surface area (Å²) in [6.07, 6.45) is 1.21. The van der Waals surface area contributed by atoms with Crippen molar-refractivity contribution in [1.82, 2.24) is 5.32 Å². The third kappa shape index (κ3) is 2.54. The molecule has 0 saturated carbocycles. The lowest BCUT2D eigenvalue weighted by Crippen LogP contribution is -2.52. The van der Waals surface area contributed by atoms with Gasteiger partial charge >= 0.3 is 0 Å². The summed E-state index contributed by atoms with van der Waals surface area (Å²) in [4.78, 5) is 2.61. The number of nitrogens with zero attached hydrogens (tertiary/aromatic N) is 1. The summed E-state index contributed by atoms with van der Waals surface area (Å²) in [6.45, 7) is 13.6. The second-order valence-electron chi connectivity index (χ2n) is 6.29. The van der Waals surface area contributed by atoms with Gasteiger partial charge in [0.1, 0.15) is 0 Å². The van der Waals surface area contributed by atoms with Gasteiger partial charge in [0, 0.05) is 23.8 Å². The number of anilines is 1. The van der Waals surface area contributed by atoms with Gasteiger partial charge in [-0.3, -0.25) is 0 Å². The van der Waals surface area contributed by atoms with E-state index in [9.17, 15) is 0 Å². The first-order valence-corrected chi connectivity index (χ1v) is 6.99. The molecule has 1 fully saturated rings. The number of hydrogen-bond acceptors (Lipinski definition) is 2. The Morgan fingerprint density at radius 2 is 2.00 bits per heavy atom. The third-order valence-electron chi connectivity index (χ3n) is 4.01. The van der Waals surface area contributed by atoms with Crippen molar-refractivity contribution >= 4 is 5.69 Å². The maximum Gasteiger partial charge on any atom is 0.0473 e. The number of aryl methyl sites for hydroxylation is 2. The van der Waals surface area contributed by atoms with Crippen LogP contribution in [0.25, 0.3) is 0 Å². The van der Waals surface area contributed by atoms with E-state index in [1.807, 2.05) is 0 Å². The van der Waals surface area contributed by atoms with E-state index >= 15 is 0 Å². The molecule has 0 aromatic heterocycles. The molecule has 1 aromatic rings. The lowest BCUT2D eigenvalue weighted by atomic mass is 9.97. The summed E-state index contributed by atoms with van der Waals surface area (Å²) in [5.41, 5.74) is 4.28. The highest BCUT2D eigenvalue weighted by Gasteiger charge is 2.33. The Balaban J connectivity index is 2.46. The lowest BCUT2D eigenvalue weighted by Gasteiger charge is -2.43. The van der Waals surface area contributed by atoms with Gasteiger partial charge in [0.2, 0.25) is 0 Å². The van der Waals surface area contributed by atoms with Crippen LogP contribution in [-0.2, 0) is 0 Å². The summed E-state index contributed by atoms with van der Waals surface area (Å²) >= 11 is 0. The molecule has 18 heavy (non-hydrogen) atoms. The minimum Gasteiger partial charge on any atom is -0.362 e. The highest BCUT2D eigenvalue weighted by Crippen LogP contribution is 2.32. The van der Waals surface area contributed by atoms with Crippen LogP contribution < -0.4 is 10.2 Å². The number of rotatable bonds is 1. The largest absolute Gasteiger partial charge is 0.362 e. The van der Waals surface area contributed by atoms with Gasteiger partial charge in [-0.15, -0.1) is 0 Å². The molecule has 2 rings (SSSR count). The van der Waals surface area contributed by atoms with Gasteiger partial charge in [0.25, 0.3) is 0 Å². The first-order valence-electron chi connectivity index (χ1n) is 6.99. The molecule has 1 unspecified atom stereocenters. The standard InChI is InChI=1S/C16H26N2/c1-12-6-7-13(2)15(10-12)18-14(3)8-9-17-11-16(18,4)5/h6-7,10,14,17H,8-9,11H2,1-5H3. The van der Waals surface area contributed by atoms with Gasteiger partial charge in [-0.05, 0) is 64.8 Å². The topological polar surface area (TPSA) is 15.3 Å². The van der Waals surface area contributed by atoms with Gasteiger partial charge < -0.3 is 10.2 Å². The van der Waals surface area contributed by atoms with E-state index in [0.29, 0.717) is 6.04 Å². The Morgan fingerprint density at radius 1 is 1.28 bits per heavy atom. The van der Waals surface area contributed by atoms with Crippen LogP contribution in [0.5, 0.6) is 0 Å². The van der Waals surface area contributed by atoms with E-state index in [1.165, 1.54) is 23.2 Å². The molecule has 100 valence electrons. The van der Waals surface area contributed by atoms with Gasteiger partial charge in [-0.25, -0.2) is 0 Å². The van der Waals surface area contributed by atoms with E-state index < -0.39 is 0 Å². The minimum atomic E-state index is 0.161. The van der Waals surface area contributed by atoms with Crippen molar-refractivity contribution in [3.05, 3.63) is 29.3 Å². The van der Waals surface area contributed by atoms with Crippen molar-refractivity contribution < 1.29 is 0 Å². The van der Waals surface area contributed by atoms with Gasteiger partial charge in [0.15, 0.2) is 0 Å². The minimum absolute atomic E-state index is 0.161. The molecule has 0 aliphatic carbocycles. The monoisotopic (exact) mass is 246 g/mol. The molecule has 1 aromatic carbocycles. The van der Waals surface area contributed by atoms with E-state index in [2.05, 4.69) is 63.0 Å². The van der Waals surface area contributed by atoms with Crippen molar-refractivity contribution in [2.24, 2.45) is 0 Å². The maximum atomic E-state index is 3.56. The van der Waals surface area contributed by atoms with Gasteiger partial charge in [0.05, 0.1) is 0 Å². The molecule has 1 atom stereocenters. The molecule has 0 spiro atoms. The van der Waals surface area contributed by atoms with Crippen LogP contribution in [-0.4, -0.2) is 24.7 Å². The van der Waals surface area contributed by atoms with E-state index in [-0.39, 0.29) is 5.54 Å². The van der Waals surface area contributed by atoms with Crippen LogP contribution in [0.15, 0.2) is 18.2 Å². The molecular weight excluding hydrogens is 220 g/mol. The van der Waals surface area contributed by atoms with Crippen molar-refractivity contribution in [2.75, 3.05) is 18.0 Å². The zero-order valence-electron chi connectivity index (χ0n) is 12.4. The molecule has 2 nitrogen and oxygen atoms in total. The second kappa shape index (κ2) is 4.93. The Hall–Kier alpha value is -1.02. The molecule has 0 radical (unpaired) electrons. The third-order valence-corrected chi connectivity index (χ3v) is 4.01. The van der Waals surface area contributed by atoms with Crippen molar-refractivity contribution in [3.63, 3.8) is 0 Å². The molecule has 0 amide bonds. The maximum absolute atomic E-state index is 3.56. The second-order valence-corrected chi connectivity index (χ2v) is 6.29. The Bertz CT molecular complexity index is 423. The van der Waals surface area contributed by atoms with E-state index in [1.54, 1.807) is 0 Å². The Kier molecular flexibility index (Phi) is 3.67. The summed E-state index contributed by atoms with van der Waals surface area (Å²) in [6, 6.07) is 7.35.